The van der Waals surface area contributed by atoms with Crippen LogP contribution in [0.5, 0.6) is 0 Å². The van der Waals surface area contributed by atoms with Gasteiger partial charge in [-0.3, -0.25) is 0 Å². The summed E-state index contributed by atoms with van der Waals surface area (Å²) in [6, 6.07) is 58.0. The Balaban J connectivity index is 1.28. The highest BCUT2D eigenvalue weighted by atomic mass is 32.1. The van der Waals surface area contributed by atoms with Gasteiger partial charge in [-0.2, -0.15) is 0 Å². The second-order valence-corrected chi connectivity index (χ2v) is 14.6. The SMILES string of the molecule is c1ccc(-n2c3c(ccc4sc5ccccc5c43)c3c2c2ccccc2n3-c2cccc(-c3cccc4c3sc3ccccc34)c2)cc1. The number of benzene rings is 7. The lowest BCUT2D eigenvalue weighted by Gasteiger charge is -2.11. The van der Waals surface area contributed by atoms with Gasteiger partial charge < -0.3 is 9.13 Å². The van der Waals surface area contributed by atoms with Gasteiger partial charge in [0.15, 0.2) is 0 Å². The Hall–Kier alpha value is -5.68. The van der Waals surface area contributed by atoms with Gasteiger partial charge in [-0.25, -0.2) is 0 Å². The van der Waals surface area contributed by atoms with Gasteiger partial charge in [0.2, 0.25) is 0 Å². The second kappa shape index (κ2) is 9.91. The third-order valence-electron chi connectivity index (χ3n) is 9.90. The van der Waals surface area contributed by atoms with E-state index in [-0.39, 0.29) is 0 Å². The number of rotatable bonds is 3. The quantitative estimate of drug-likeness (QED) is 0.181. The third kappa shape index (κ3) is 3.56. The highest BCUT2D eigenvalue weighted by molar-refractivity contribution is 7.26. The minimum Gasteiger partial charge on any atom is -0.307 e. The first-order chi connectivity index (χ1) is 23.8. The molecule has 0 unspecified atom stereocenters. The molecule has 0 aliphatic carbocycles. The molecule has 48 heavy (non-hydrogen) atoms. The minimum absolute atomic E-state index is 1.17. The lowest BCUT2D eigenvalue weighted by atomic mass is 10.0. The maximum absolute atomic E-state index is 2.52. The van der Waals surface area contributed by atoms with Gasteiger partial charge in [-0.05, 0) is 65.7 Å². The molecule has 0 amide bonds. The van der Waals surface area contributed by atoms with Crippen LogP contribution in [0.2, 0.25) is 0 Å². The molecule has 2 nitrogen and oxygen atoms in total. The Bertz CT molecular complexity index is 3060. The highest BCUT2D eigenvalue weighted by Crippen LogP contribution is 2.47. The van der Waals surface area contributed by atoms with E-state index in [0.717, 1.165) is 0 Å². The van der Waals surface area contributed by atoms with E-state index in [4.69, 9.17) is 0 Å². The summed E-state index contributed by atoms with van der Waals surface area (Å²) in [5.74, 6) is 0. The van der Waals surface area contributed by atoms with Crippen LogP contribution in [0.1, 0.15) is 0 Å². The van der Waals surface area contributed by atoms with Crippen LogP contribution in [0.4, 0.5) is 0 Å². The zero-order valence-corrected chi connectivity index (χ0v) is 27.4. The van der Waals surface area contributed by atoms with E-state index in [1.807, 2.05) is 22.7 Å². The third-order valence-corrected chi connectivity index (χ3v) is 12.3. The fourth-order valence-electron chi connectivity index (χ4n) is 7.92. The van der Waals surface area contributed by atoms with E-state index in [1.54, 1.807) is 0 Å². The van der Waals surface area contributed by atoms with Gasteiger partial charge in [0.25, 0.3) is 0 Å². The van der Waals surface area contributed by atoms with Crippen molar-refractivity contribution < 1.29 is 0 Å². The molecule has 0 saturated carbocycles. The van der Waals surface area contributed by atoms with E-state index >= 15 is 0 Å². The number of aromatic nitrogens is 2. The topological polar surface area (TPSA) is 9.86 Å². The van der Waals surface area contributed by atoms with Crippen molar-refractivity contribution in [2.24, 2.45) is 0 Å². The molecule has 0 fully saturated rings. The van der Waals surface area contributed by atoms with Crippen LogP contribution < -0.4 is 0 Å². The molecule has 0 spiro atoms. The molecular formula is C44H26N2S2. The second-order valence-electron chi connectivity index (χ2n) is 12.5. The van der Waals surface area contributed by atoms with Crippen LogP contribution in [-0.2, 0) is 0 Å². The van der Waals surface area contributed by atoms with Crippen molar-refractivity contribution in [1.82, 2.24) is 9.13 Å². The normalized spacial score (nSPS) is 12.2. The van der Waals surface area contributed by atoms with Gasteiger partial charge in [-0.1, -0.05) is 103 Å². The highest BCUT2D eigenvalue weighted by Gasteiger charge is 2.24. The largest absolute Gasteiger partial charge is 0.307 e. The fourth-order valence-corrected chi connectivity index (χ4v) is 10.3. The molecule has 0 N–H and O–H groups in total. The van der Waals surface area contributed by atoms with Gasteiger partial charge in [-0.15, -0.1) is 22.7 Å². The van der Waals surface area contributed by atoms with Crippen molar-refractivity contribution in [3.63, 3.8) is 0 Å². The first-order valence-corrected chi connectivity index (χ1v) is 17.9. The van der Waals surface area contributed by atoms with Crippen LogP contribution in [0.25, 0.3) is 95.7 Å². The van der Waals surface area contributed by atoms with Crippen LogP contribution in [0.3, 0.4) is 0 Å². The van der Waals surface area contributed by atoms with Crippen molar-refractivity contribution >= 4 is 95.9 Å². The molecule has 4 aromatic heterocycles. The Kier molecular flexibility index (Phi) is 5.45. The summed E-state index contributed by atoms with van der Waals surface area (Å²) in [4.78, 5) is 0. The molecule has 224 valence electrons. The molecule has 0 atom stereocenters. The molecule has 0 bridgehead atoms. The molecule has 11 aromatic rings. The Morgan fingerprint density at radius 1 is 0.375 bits per heavy atom. The van der Waals surface area contributed by atoms with Crippen molar-refractivity contribution in [3.05, 3.63) is 158 Å². The van der Waals surface area contributed by atoms with Crippen LogP contribution >= 0.6 is 22.7 Å². The lowest BCUT2D eigenvalue weighted by Crippen LogP contribution is -1.94. The van der Waals surface area contributed by atoms with Crippen molar-refractivity contribution in [3.8, 4) is 22.5 Å². The minimum atomic E-state index is 1.17. The smallest absolute Gasteiger partial charge is 0.0804 e. The molecule has 4 heterocycles. The van der Waals surface area contributed by atoms with Gasteiger partial charge >= 0.3 is 0 Å². The van der Waals surface area contributed by atoms with Crippen LogP contribution in [0, 0.1) is 0 Å². The molecule has 4 heteroatoms. The molecule has 0 radical (unpaired) electrons. The maximum atomic E-state index is 2.52. The summed E-state index contributed by atoms with van der Waals surface area (Å²) < 4.78 is 10.3. The molecule has 11 rings (SSSR count). The van der Waals surface area contributed by atoms with Gasteiger partial charge in [0, 0.05) is 62.5 Å². The number of hydrogen-bond acceptors (Lipinski definition) is 2. The monoisotopic (exact) mass is 646 g/mol. The van der Waals surface area contributed by atoms with E-state index in [2.05, 4.69) is 167 Å². The number of para-hydroxylation sites is 2. The Morgan fingerprint density at radius 2 is 1.04 bits per heavy atom. The Morgan fingerprint density at radius 3 is 1.92 bits per heavy atom. The number of thiophene rings is 2. The van der Waals surface area contributed by atoms with E-state index < -0.39 is 0 Å². The van der Waals surface area contributed by atoms with Crippen molar-refractivity contribution in [2.45, 2.75) is 0 Å². The summed E-state index contributed by atoms with van der Waals surface area (Å²) in [6.07, 6.45) is 0. The zero-order chi connectivity index (χ0) is 31.3. The standard InChI is InChI=1S/C44H26N2S2/c1-2-13-28(14-3-1)46-41-35(24-25-39-40(41)34-18-6-9-23-38(34)47-39)43-42(46)33-17-4-7-21-36(33)45(43)29-15-10-12-27(26-29)30-19-11-20-32-31-16-5-8-22-37(31)48-44(30)32/h1-26H. The van der Waals surface area contributed by atoms with Crippen molar-refractivity contribution in [2.75, 3.05) is 0 Å². The fraction of sp³-hybridized carbons (Fsp3) is 0. The summed E-state index contributed by atoms with van der Waals surface area (Å²) in [5, 5.41) is 7.80. The van der Waals surface area contributed by atoms with E-state index in [1.165, 1.54) is 95.7 Å². The first-order valence-electron chi connectivity index (χ1n) is 16.3. The molecule has 0 aliphatic heterocycles. The number of nitrogens with zero attached hydrogens (tertiary/aromatic N) is 2. The first kappa shape index (κ1) is 26.4. The predicted octanol–water partition coefficient (Wildman–Crippen LogP) is 13.1. The molecule has 7 aromatic carbocycles. The average molecular weight is 647 g/mol. The summed E-state index contributed by atoms with van der Waals surface area (Å²) in [5.41, 5.74) is 9.81. The number of hydrogen-bond donors (Lipinski definition) is 0. The van der Waals surface area contributed by atoms with E-state index in [0.29, 0.717) is 0 Å². The van der Waals surface area contributed by atoms with Crippen LogP contribution in [0.15, 0.2) is 158 Å². The lowest BCUT2D eigenvalue weighted by molar-refractivity contribution is 1.18. The van der Waals surface area contributed by atoms with Gasteiger partial charge in [0.05, 0.1) is 22.1 Å². The molecule has 0 saturated heterocycles. The van der Waals surface area contributed by atoms with Gasteiger partial charge in [0.1, 0.15) is 0 Å². The maximum Gasteiger partial charge on any atom is 0.0804 e. The predicted molar refractivity (Wildman–Crippen MR) is 209 cm³/mol. The Labute approximate surface area is 283 Å². The summed E-state index contributed by atoms with van der Waals surface area (Å²) in [6.45, 7) is 0. The van der Waals surface area contributed by atoms with Crippen molar-refractivity contribution in [1.29, 1.82) is 0 Å². The zero-order valence-electron chi connectivity index (χ0n) is 25.7. The average Bonchev–Trinajstić information content (AvgIpc) is 3.89. The molecule has 0 aliphatic rings. The van der Waals surface area contributed by atoms with Crippen LogP contribution in [-0.4, -0.2) is 9.13 Å². The van der Waals surface area contributed by atoms with E-state index in [9.17, 15) is 0 Å². The summed E-state index contributed by atoms with van der Waals surface area (Å²) in [7, 11) is 0. The molecular weight excluding hydrogens is 621 g/mol. The summed E-state index contributed by atoms with van der Waals surface area (Å²) >= 11 is 3.77. The number of fused-ring (bicyclic) bond motifs is 12.